The summed E-state index contributed by atoms with van der Waals surface area (Å²) in [6.45, 7) is 4.29. The van der Waals surface area contributed by atoms with E-state index in [-0.39, 0.29) is 5.78 Å². The second-order valence-electron chi connectivity index (χ2n) is 4.48. The predicted molar refractivity (Wildman–Crippen MR) is 79.4 cm³/mol. The summed E-state index contributed by atoms with van der Waals surface area (Å²) in [5.74, 6) is 0.234. The average Bonchev–Trinajstić information content (AvgIpc) is 3.13. The minimum absolute atomic E-state index is 0.234. The van der Waals surface area contributed by atoms with Crippen LogP contribution in [0.4, 0.5) is 5.13 Å². The maximum atomic E-state index is 12.0. The van der Waals surface area contributed by atoms with Crippen LogP contribution in [-0.4, -0.2) is 48.4 Å². The lowest BCUT2D eigenvalue weighted by Gasteiger charge is -2.34. The molecule has 1 saturated heterocycles. The monoisotopic (exact) mass is 293 g/mol. The number of anilines is 1. The van der Waals surface area contributed by atoms with Gasteiger partial charge in [-0.25, -0.2) is 4.98 Å². The van der Waals surface area contributed by atoms with Crippen molar-refractivity contribution in [2.45, 2.75) is 0 Å². The Morgan fingerprint density at radius 2 is 2.05 bits per heavy atom. The maximum Gasteiger partial charge on any atom is 0.186 e. The first-order valence-corrected chi connectivity index (χ1v) is 8.02. The molecule has 0 spiro atoms. The standard InChI is InChI=1S/C13H15N3OS2/c17-11(12-2-1-8-18-12)10-15-4-6-16(7-5-15)13-14-3-9-19-13/h1-3,8-9H,4-7,10H2. The van der Waals surface area contributed by atoms with Crippen molar-refractivity contribution in [1.82, 2.24) is 9.88 Å². The molecule has 1 fully saturated rings. The zero-order valence-electron chi connectivity index (χ0n) is 10.5. The van der Waals surface area contributed by atoms with Gasteiger partial charge in [-0.15, -0.1) is 22.7 Å². The Morgan fingerprint density at radius 1 is 1.21 bits per heavy atom. The van der Waals surface area contributed by atoms with Crippen LogP contribution in [0.5, 0.6) is 0 Å². The van der Waals surface area contributed by atoms with Gasteiger partial charge in [0, 0.05) is 37.8 Å². The van der Waals surface area contributed by atoms with Crippen LogP contribution >= 0.6 is 22.7 Å². The zero-order valence-corrected chi connectivity index (χ0v) is 12.1. The van der Waals surface area contributed by atoms with Gasteiger partial charge in [0.15, 0.2) is 10.9 Å². The van der Waals surface area contributed by atoms with Gasteiger partial charge >= 0.3 is 0 Å². The Morgan fingerprint density at radius 3 is 2.68 bits per heavy atom. The van der Waals surface area contributed by atoms with Crippen LogP contribution in [0.3, 0.4) is 0 Å². The molecule has 3 heterocycles. The van der Waals surface area contributed by atoms with E-state index in [1.165, 1.54) is 11.3 Å². The van der Waals surface area contributed by atoms with E-state index in [0.717, 1.165) is 36.2 Å². The number of piperazine rings is 1. The van der Waals surface area contributed by atoms with E-state index >= 15 is 0 Å². The van der Waals surface area contributed by atoms with Gasteiger partial charge in [-0.2, -0.15) is 0 Å². The summed E-state index contributed by atoms with van der Waals surface area (Å²) in [5.41, 5.74) is 0. The smallest absolute Gasteiger partial charge is 0.186 e. The molecule has 0 unspecified atom stereocenters. The molecule has 6 heteroatoms. The summed E-state index contributed by atoms with van der Waals surface area (Å²) in [6.07, 6.45) is 1.84. The lowest BCUT2D eigenvalue weighted by atomic mass is 10.2. The summed E-state index contributed by atoms with van der Waals surface area (Å²) in [5, 5.41) is 5.04. The molecule has 0 bridgehead atoms. The van der Waals surface area contributed by atoms with Gasteiger partial charge in [0.25, 0.3) is 0 Å². The van der Waals surface area contributed by atoms with Crippen molar-refractivity contribution in [2.75, 3.05) is 37.6 Å². The van der Waals surface area contributed by atoms with Crippen molar-refractivity contribution in [3.05, 3.63) is 34.0 Å². The van der Waals surface area contributed by atoms with E-state index in [2.05, 4.69) is 14.8 Å². The number of thiophene rings is 1. The molecule has 4 nitrogen and oxygen atoms in total. The molecule has 100 valence electrons. The van der Waals surface area contributed by atoms with Crippen molar-refractivity contribution >= 4 is 33.6 Å². The molecule has 19 heavy (non-hydrogen) atoms. The topological polar surface area (TPSA) is 36.4 Å². The third-order valence-corrected chi connectivity index (χ3v) is 4.97. The Balaban J connectivity index is 1.52. The van der Waals surface area contributed by atoms with E-state index in [9.17, 15) is 4.79 Å². The first kappa shape index (κ1) is 12.8. The minimum atomic E-state index is 0.234. The minimum Gasteiger partial charge on any atom is -0.346 e. The molecule has 0 amide bonds. The van der Waals surface area contributed by atoms with Gasteiger partial charge in [0.1, 0.15) is 0 Å². The number of thiazole rings is 1. The summed E-state index contributed by atoms with van der Waals surface area (Å²) in [6, 6.07) is 3.83. The molecule has 1 aliphatic rings. The number of nitrogens with zero attached hydrogens (tertiary/aromatic N) is 3. The zero-order chi connectivity index (χ0) is 13.1. The number of ketones is 1. The molecular formula is C13H15N3OS2. The number of Topliss-reactive ketones (excluding diaryl/α,β-unsaturated/α-hetero) is 1. The van der Waals surface area contributed by atoms with Crippen molar-refractivity contribution in [1.29, 1.82) is 0 Å². The molecule has 0 radical (unpaired) electrons. The highest BCUT2D eigenvalue weighted by Crippen LogP contribution is 2.19. The van der Waals surface area contributed by atoms with Gasteiger partial charge in [0.2, 0.25) is 0 Å². The largest absolute Gasteiger partial charge is 0.346 e. The lowest BCUT2D eigenvalue weighted by Crippen LogP contribution is -2.47. The lowest BCUT2D eigenvalue weighted by molar-refractivity contribution is 0.0930. The molecule has 3 rings (SSSR count). The molecule has 0 N–H and O–H groups in total. The average molecular weight is 293 g/mol. The van der Waals surface area contributed by atoms with E-state index < -0.39 is 0 Å². The van der Waals surface area contributed by atoms with Gasteiger partial charge in [-0.3, -0.25) is 9.69 Å². The molecule has 0 aromatic carbocycles. The van der Waals surface area contributed by atoms with Crippen molar-refractivity contribution < 1.29 is 4.79 Å². The van der Waals surface area contributed by atoms with Crippen LogP contribution in [0.2, 0.25) is 0 Å². The van der Waals surface area contributed by atoms with Crippen molar-refractivity contribution in [3.63, 3.8) is 0 Å². The normalized spacial score (nSPS) is 16.7. The van der Waals surface area contributed by atoms with Gasteiger partial charge < -0.3 is 4.90 Å². The van der Waals surface area contributed by atoms with Crippen LogP contribution < -0.4 is 4.90 Å². The predicted octanol–water partition coefficient (Wildman–Crippen LogP) is 2.21. The van der Waals surface area contributed by atoms with Gasteiger partial charge in [-0.1, -0.05) is 6.07 Å². The van der Waals surface area contributed by atoms with Crippen LogP contribution in [0.25, 0.3) is 0 Å². The number of aromatic nitrogens is 1. The number of rotatable bonds is 4. The Labute approximate surface area is 120 Å². The first-order valence-electron chi connectivity index (χ1n) is 6.26. The number of carbonyl (C=O) groups excluding carboxylic acids is 1. The SMILES string of the molecule is O=C(CN1CCN(c2nccs2)CC1)c1cccs1. The Bertz CT molecular complexity index is 516. The van der Waals surface area contributed by atoms with Crippen LogP contribution in [0.15, 0.2) is 29.1 Å². The Hall–Kier alpha value is -1.24. The van der Waals surface area contributed by atoms with E-state index in [0.29, 0.717) is 6.54 Å². The number of hydrogen-bond donors (Lipinski definition) is 0. The fourth-order valence-electron chi connectivity index (χ4n) is 2.19. The fourth-order valence-corrected chi connectivity index (χ4v) is 3.54. The highest BCUT2D eigenvalue weighted by Gasteiger charge is 2.20. The third kappa shape index (κ3) is 3.02. The summed E-state index contributed by atoms with van der Waals surface area (Å²) in [7, 11) is 0. The van der Waals surface area contributed by atoms with Crippen LogP contribution in [0.1, 0.15) is 9.67 Å². The second-order valence-corrected chi connectivity index (χ2v) is 6.30. The van der Waals surface area contributed by atoms with Crippen molar-refractivity contribution in [2.24, 2.45) is 0 Å². The quantitative estimate of drug-likeness (QED) is 0.810. The third-order valence-electron chi connectivity index (χ3n) is 3.23. The van der Waals surface area contributed by atoms with Crippen molar-refractivity contribution in [3.8, 4) is 0 Å². The maximum absolute atomic E-state index is 12.0. The molecule has 0 aliphatic carbocycles. The van der Waals surface area contributed by atoms with E-state index in [1.54, 1.807) is 11.3 Å². The first-order chi connectivity index (χ1) is 9.33. The molecule has 1 aliphatic heterocycles. The highest BCUT2D eigenvalue weighted by atomic mass is 32.1. The molecule has 2 aromatic heterocycles. The second kappa shape index (κ2) is 5.81. The summed E-state index contributed by atoms with van der Waals surface area (Å²) in [4.78, 5) is 21.7. The van der Waals surface area contributed by atoms with Crippen LogP contribution in [-0.2, 0) is 0 Å². The Kier molecular flexibility index (Phi) is 3.91. The number of hydrogen-bond acceptors (Lipinski definition) is 6. The highest BCUT2D eigenvalue weighted by molar-refractivity contribution is 7.13. The fraction of sp³-hybridized carbons (Fsp3) is 0.385. The van der Waals surface area contributed by atoms with Crippen LogP contribution in [0, 0.1) is 0 Å². The van der Waals surface area contributed by atoms with Gasteiger partial charge in [0.05, 0.1) is 11.4 Å². The summed E-state index contributed by atoms with van der Waals surface area (Å²) < 4.78 is 0. The van der Waals surface area contributed by atoms with E-state index in [1.807, 2.05) is 29.1 Å². The molecule has 0 saturated carbocycles. The molecule has 0 atom stereocenters. The summed E-state index contributed by atoms with van der Waals surface area (Å²) >= 11 is 3.20. The molecule has 2 aromatic rings. The molecular weight excluding hydrogens is 278 g/mol. The van der Waals surface area contributed by atoms with Gasteiger partial charge in [-0.05, 0) is 11.4 Å². The van der Waals surface area contributed by atoms with E-state index in [4.69, 9.17) is 0 Å². The number of carbonyl (C=O) groups is 1.